The van der Waals surface area contributed by atoms with Crippen molar-refractivity contribution < 1.29 is 9.59 Å². The minimum Gasteiger partial charge on any atom is -0.326 e. The second kappa shape index (κ2) is 9.41. The number of amides is 2. The fraction of sp³-hybridized carbons (Fsp3) is 0.333. The fourth-order valence-corrected chi connectivity index (χ4v) is 3.92. The molecule has 1 saturated heterocycles. The zero-order valence-corrected chi connectivity index (χ0v) is 17.2. The molecule has 28 heavy (non-hydrogen) atoms. The Morgan fingerprint density at radius 3 is 2.25 bits per heavy atom. The van der Waals surface area contributed by atoms with Gasteiger partial charge >= 0.3 is 0 Å². The Balaban J connectivity index is 1.59. The Kier molecular flexibility index (Phi) is 6.94. The van der Waals surface area contributed by atoms with Gasteiger partial charge in [-0.1, -0.05) is 29.3 Å². The summed E-state index contributed by atoms with van der Waals surface area (Å²) in [6, 6.07) is 12.6. The van der Waals surface area contributed by atoms with Crippen molar-refractivity contribution >= 4 is 46.4 Å². The van der Waals surface area contributed by atoms with Crippen molar-refractivity contribution in [3.8, 4) is 0 Å². The van der Waals surface area contributed by atoms with E-state index in [0.717, 1.165) is 24.9 Å². The number of nitrogens with one attached hydrogen (secondary N) is 2. The number of carbonyl (C=O) groups is 2. The monoisotopic (exact) mass is 419 g/mol. The van der Waals surface area contributed by atoms with Crippen LogP contribution < -0.4 is 10.6 Å². The molecule has 5 nitrogen and oxygen atoms in total. The number of halogens is 2. The van der Waals surface area contributed by atoms with E-state index in [-0.39, 0.29) is 17.7 Å². The van der Waals surface area contributed by atoms with Gasteiger partial charge in [0.1, 0.15) is 0 Å². The lowest BCUT2D eigenvalue weighted by Crippen LogP contribution is -2.40. The molecule has 0 saturated carbocycles. The van der Waals surface area contributed by atoms with Gasteiger partial charge in [0.25, 0.3) is 0 Å². The molecule has 2 amide bonds. The molecule has 0 aromatic heterocycles. The summed E-state index contributed by atoms with van der Waals surface area (Å²) in [6.07, 6.45) is 1.80. The number of benzene rings is 2. The highest BCUT2D eigenvalue weighted by Crippen LogP contribution is 2.28. The van der Waals surface area contributed by atoms with Crippen LogP contribution in [0.25, 0.3) is 0 Å². The van der Waals surface area contributed by atoms with Crippen LogP contribution in [0.4, 0.5) is 11.4 Å². The predicted octanol–water partition coefficient (Wildman–Crippen LogP) is 4.80. The SMILES string of the molecule is CC(=O)Nc1ccc(NC(=O)[C@H]2CCCN(Cc3c(Cl)cccc3Cl)C2)cc1. The quantitative estimate of drug-likeness (QED) is 0.731. The molecule has 7 heteroatoms. The van der Waals surface area contributed by atoms with E-state index in [4.69, 9.17) is 23.2 Å². The highest BCUT2D eigenvalue weighted by molar-refractivity contribution is 6.35. The lowest BCUT2D eigenvalue weighted by molar-refractivity contribution is -0.121. The summed E-state index contributed by atoms with van der Waals surface area (Å²) in [5.41, 5.74) is 2.32. The van der Waals surface area contributed by atoms with Crippen LogP contribution in [-0.2, 0) is 16.1 Å². The maximum atomic E-state index is 12.7. The molecule has 1 heterocycles. The molecule has 1 fully saturated rings. The van der Waals surface area contributed by atoms with Gasteiger partial charge in [0.05, 0.1) is 5.92 Å². The molecule has 0 unspecified atom stereocenters. The fourth-order valence-electron chi connectivity index (χ4n) is 3.40. The molecule has 1 aliphatic rings. The molecule has 0 aliphatic carbocycles. The first kappa shape index (κ1) is 20.6. The van der Waals surface area contributed by atoms with Gasteiger partial charge in [0.15, 0.2) is 0 Å². The molecule has 0 radical (unpaired) electrons. The van der Waals surface area contributed by atoms with Gasteiger partial charge in [-0.2, -0.15) is 0 Å². The van der Waals surface area contributed by atoms with Gasteiger partial charge in [-0.15, -0.1) is 0 Å². The standard InChI is InChI=1S/C21H23Cl2N3O2/c1-14(27)24-16-7-9-17(10-8-16)25-21(28)15-4-3-11-26(12-15)13-18-19(22)5-2-6-20(18)23/h2,5-10,15H,3-4,11-13H2,1H3,(H,24,27)(H,25,28)/t15-/m0/s1. The lowest BCUT2D eigenvalue weighted by Gasteiger charge is -2.32. The number of anilines is 2. The number of piperidine rings is 1. The van der Waals surface area contributed by atoms with E-state index >= 15 is 0 Å². The minimum absolute atomic E-state index is 0.00207. The van der Waals surface area contributed by atoms with E-state index in [1.165, 1.54) is 6.92 Å². The number of hydrogen-bond acceptors (Lipinski definition) is 3. The van der Waals surface area contributed by atoms with Crippen LogP contribution in [0.15, 0.2) is 42.5 Å². The Morgan fingerprint density at radius 1 is 1.04 bits per heavy atom. The van der Waals surface area contributed by atoms with E-state index in [1.807, 2.05) is 18.2 Å². The summed E-state index contributed by atoms with van der Waals surface area (Å²) in [5, 5.41) is 6.98. The normalized spacial score (nSPS) is 17.2. The second-order valence-electron chi connectivity index (χ2n) is 7.02. The van der Waals surface area contributed by atoms with E-state index in [0.29, 0.717) is 34.5 Å². The van der Waals surface area contributed by atoms with Gasteiger partial charge in [-0.3, -0.25) is 14.5 Å². The zero-order valence-electron chi connectivity index (χ0n) is 15.7. The molecule has 2 N–H and O–H groups in total. The van der Waals surface area contributed by atoms with Crippen molar-refractivity contribution in [1.82, 2.24) is 4.90 Å². The minimum atomic E-state index is -0.127. The number of rotatable bonds is 5. The highest BCUT2D eigenvalue weighted by atomic mass is 35.5. The Bertz CT molecular complexity index is 835. The summed E-state index contributed by atoms with van der Waals surface area (Å²) in [7, 11) is 0. The molecule has 3 rings (SSSR count). The highest BCUT2D eigenvalue weighted by Gasteiger charge is 2.26. The second-order valence-corrected chi connectivity index (χ2v) is 7.84. The van der Waals surface area contributed by atoms with E-state index in [1.54, 1.807) is 24.3 Å². The third-order valence-electron chi connectivity index (χ3n) is 4.79. The third kappa shape index (κ3) is 5.47. The van der Waals surface area contributed by atoms with Gasteiger partial charge in [-0.25, -0.2) is 0 Å². The van der Waals surface area contributed by atoms with Crippen molar-refractivity contribution in [1.29, 1.82) is 0 Å². The van der Waals surface area contributed by atoms with Crippen LogP contribution in [0.2, 0.25) is 10.0 Å². The van der Waals surface area contributed by atoms with Gasteiger partial charge in [0.2, 0.25) is 11.8 Å². The number of hydrogen-bond donors (Lipinski definition) is 2. The number of nitrogens with zero attached hydrogens (tertiary/aromatic N) is 1. The average Bonchev–Trinajstić information content (AvgIpc) is 2.66. The Morgan fingerprint density at radius 2 is 1.64 bits per heavy atom. The first-order valence-electron chi connectivity index (χ1n) is 9.26. The van der Waals surface area contributed by atoms with Crippen LogP contribution in [0.1, 0.15) is 25.3 Å². The molecule has 2 aromatic rings. The molecule has 1 aliphatic heterocycles. The maximum Gasteiger partial charge on any atom is 0.228 e. The predicted molar refractivity (Wildman–Crippen MR) is 114 cm³/mol. The van der Waals surface area contributed by atoms with Crippen molar-refractivity contribution in [3.63, 3.8) is 0 Å². The number of carbonyl (C=O) groups excluding carboxylic acids is 2. The van der Waals surface area contributed by atoms with Crippen molar-refractivity contribution in [2.24, 2.45) is 5.92 Å². The van der Waals surface area contributed by atoms with E-state index < -0.39 is 0 Å². The molecular weight excluding hydrogens is 397 g/mol. The van der Waals surface area contributed by atoms with Gasteiger partial charge in [0, 0.05) is 47.0 Å². The van der Waals surface area contributed by atoms with Crippen molar-refractivity contribution in [2.75, 3.05) is 23.7 Å². The number of likely N-dealkylation sites (tertiary alicyclic amines) is 1. The maximum absolute atomic E-state index is 12.7. The summed E-state index contributed by atoms with van der Waals surface area (Å²) in [4.78, 5) is 26.0. The zero-order chi connectivity index (χ0) is 20.1. The lowest BCUT2D eigenvalue weighted by atomic mass is 9.96. The van der Waals surface area contributed by atoms with Gasteiger partial charge in [-0.05, 0) is 55.8 Å². The summed E-state index contributed by atoms with van der Waals surface area (Å²) in [6.45, 7) is 3.67. The van der Waals surface area contributed by atoms with Crippen LogP contribution in [0, 0.1) is 5.92 Å². The van der Waals surface area contributed by atoms with Crippen LogP contribution >= 0.6 is 23.2 Å². The molecule has 0 spiro atoms. The van der Waals surface area contributed by atoms with Crippen LogP contribution in [0.3, 0.4) is 0 Å². The largest absolute Gasteiger partial charge is 0.326 e. The molecule has 0 bridgehead atoms. The van der Waals surface area contributed by atoms with Crippen molar-refractivity contribution in [3.05, 3.63) is 58.1 Å². The average molecular weight is 420 g/mol. The smallest absolute Gasteiger partial charge is 0.228 e. The van der Waals surface area contributed by atoms with Crippen LogP contribution in [-0.4, -0.2) is 29.8 Å². The van der Waals surface area contributed by atoms with Gasteiger partial charge < -0.3 is 10.6 Å². The molecule has 1 atom stereocenters. The Hall–Kier alpha value is -2.08. The first-order valence-corrected chi connectivity index (χ1v) is 10.0. The summed E-state index contributed by atoms with van der Waals surface area (Å²) >= 11 is 12.6. The summed E-state index contributed by atoms with van der Waals surface area (Å²) < 4.78 is 0. The molecule has 2 aromatic carbocycles. The third-order valence-corrected chi connectivity index (χ3v) is 5.50. The topological polar surface area (TPSA) is 61.4 Å². The molecule has 148 valence electrons. The summed E-state index contributed by atoms with van der Waals surface area (Å²) in [5.74, 6) is -0.218. The molecular formula is C21H23Cl2N3O2. The first-order chi connectivity index (χ1) is 13.4. The van der Waals surface area contributed by atoms with E-state index in [9.17, 15) is 9.59 Å². The van der Waals surface area contributed by atoms with E-state index in [2.05, 4.69) is 15.5 Å². The Labute approximate surface area is 175 Å². The van der Waals surface area contributed by atoms with Crippen molar-refractivity contribution in [2.45, 2.75) is 26.3 Å². The van der Waals surface area contributed by atoms with Crippen LogP contribution in [0.5, 0.6) is 0 Å².